The van der Waals surface area contributed by atoms with Crippen molar-refractivity contribution in [1.29, 1.82) is 0 Å². The van der Waals surface area contributed by atoms with Gasteiger partial charge < -0.3 is 11.5 Å². The number of nitrogens with one attached hydrogen (secondary N) is 1. The third-order valence-corrected chi connectivity index (χ3v) is 3.44. The van der Waals surface area contributed by atoms with Gasteiger partial charge in [0, 0.05) is 10.9 Å². The average molecular weight is 287 g/mol. The Morgan fingerprint density at radius 3 is 2.50 bits per heavy atom. The number of nitrogens with zero attached hydrogens (tertiary/aromatic N) is 1. The van der Waals surface area contributed by atoms with Crippen molar-refractivity contribution in [2.75, 3.05) is 11.5 Å². The van der Waals surface area contributed by atoms with Gasteiger partial charge in [-0.3, -0.25) is 4.79 Å². The molecular weight excluding hydrogens is 276 g/mol. The minimum atomic E-state index is -0.237. The van der Waals surface area contributed by atoms with E-state index in [1.807, 2.05) is 12.1 Å². The van der Waals surface area contributed by atoms with Crippen LogP contribution in [0.3, 0.4) is 0 Å². The maximum atomic E-state index is 11.8. The summed E-state index contributed by atoms with van der Waals surface area (Å²) in [4.78, 5) is 11.8. The number of fused-ring (bicyclic) bond motifs is 1. The van der Waals surface area contributed by atoms with Gasteiger partial charge in [-0.05, 0) is 18.2 Å². The fourth-order valence-corrected chi connectivity index (χ4v) is 2.34. The summed E-state index contributed by atoms with van der Waals surface area (Å²) in [5.74, 6) is 0. The van der Waals surface area contributed by atoms with E-state index in [2.05, 4.69) is 10.2 Å². The number of hydrogen-bond acceptors (Lipinski definition) is 4. The van der Waals surface area contributed by atoms with Crippen molar-refractivity contribution in [1.82, 2.24) is 10.2 Å². The Balaban J connectivity index is 2.36. The largest absolute Gasteiger partial charge is 0.397 e. The molecule has 0 aliphatic heterocycles. The molecule has 0 bridgehead atoms. The first-order valence-corrected chi connectivity index (χ1v) is 6.28. The maximum absolute atomic E-state index is 11.8. The number of aromatic nitrogens is 2. The Bertz CT molecular complexity index is 849. The Kier molecular flexibility index (Phi) is 2.84. The van der Waals surface area contributed by atoms with E-state index in [1.54, 1.807) is 24.3 Å². The fourth-order valence-electron chi connectivity index (χ4n) is 2.11. The molecule has 3 rings (SSSR count). The van der Waals surface area contributed by atoms with E-state index in [1.165, 1.54) is 0 Å². The summed E-state index contributed by atoms with van der Waals surface area (Å²) in [6.45, 7) is 0. The molecule has 0 saturated heterocycles. The Labute approximate surface area is 119 Å². The summed E-state index contributed by atoms with van der Waals surface area (Å²) in [6.07, 6.45) is 0. The van der Waals surface area contributed by atoms with Crippen LogP contribution in [0.15, 0.2) is 41.2 Å². The Hall–Kier alpha value is -2.53. The first-order valence-electron chi connectivity index (χ1n) is 5.90. The van der Waals surface area contributed by atoms with E-state index >= 15 is 0 Å². The standard InChI is InChI=1S/C14H11ClN4O/c15-10-5-7(6-11(16)12(10)17)13-8-3-1-2-4-9(8)14(20)19-18-13/h1-6H,16-17H2,(H,19,20). The first-order chi connectivity index (χ1) is 9.58. The van der Waals surface area contributed by atoms with Gasteiger partial charge in [0.1, 0.15) is 0 Å². The molecule has 20 heavy (non-hydrogen) atoms. The summed E-state index contributed by atoms with van der Waals surface area (Å²) in [5, 5.41) is 8.22. The van der Waals surface area contributed by atoms with Crippen LogP contribution in [0.2, 0.25) is 5.02 Å². The van der Waals surface area contributed by atoms with Crippen LogP contribution in [0, 0.1) is 0 Å². The highest BCUT2D eigenvalue weighted by Gasteiger charge is 2.11. The zero-order valence-electron chi connectivity index (χ0n) is 10.4. The zero-order valence-corrected chi connectivity index (χ0v) is 11.1. The van der Waals surface area contributed by atoms with Gasteiger partial charge in [-0.2, -0.15) is 5.10 Å². The summed E-state index contributed by atoms with van der Waals surface area (Å²) >= 11 is 6.05. The van der Waals surface area contributed by atoms with E-state index in [0.29, 0.717) is 33.0 Å². The van der Waals surface area contributed by atoms with Gasteiger partial charge >= 0.3 is 0 Å². The van der Waals surface area contributed by atoms with Gasteiger partial charge in [-0.15, -0.1) is 0 Å². The number of rotatable bonds is 1. The number of nitrogen functional groups attached to an aromatic ring is 2. The summed E-state index contributed by atoms with van der Waals surface area (Å²) < 4.78 is 0. The van der Waals surface area contributed by atoms with Gasteiger partial charge in [0.2, 0.25) is 0 Å². The highest BCUT2D eigenvalue weighted by Crippen LogP contribution is 2.33. The minimum absolute atomic E-state index is 0.237. The van der Waals surface area contributed by atoms with Crippen LogP contribution in [0.5, 0.6) is 0 Å². The molecule has 0 radical (unpaired) electrons. The van der Waals surface area contributed by atoms with Crippen molar-refractivity contribution in [3.63, 3.8) is 0 Å². The van der Waals surface area contributed by atoms with Crippen molar-refractivity contribution in [2.45, 2.75) is 0 Å². The maximum Gasteiger partial charge on any atom is 0.272 e. The molecule has 6 heteroatoms. The lowest BCUT2D eigenvalue weighted by Gasteiger charge is -2.09. The van der Waals surface area contributed by atoms with Gasteiger partial charge in [0.15, 0.2) is 0 Å². The van der Waals surface area contributed by atoms with Gasteiger partial charge in [-0.1, -0.05) is 29.8 Å². The predicted octanol–water partition coefficient (Wildman–Crippen LogP) is 2.41. The molecule has 3 aromatic rings. The number of anilines is 2. The first kappa shape index (κ1) is 12.5. The molecule has 0 unspecified atom stereocenters. The molecule has 0 amide bonds. The smallest absolute Gasteiger partial charge is 0.272 e. The number of benzene rings is 2. The van der Waals surface area contributed by atoms with Crippen LogP contribution >= 0.6 is 11.6 Å². The highest BCUT2D eigenvalue weighted by molar-refractivity contribution is 6.34. The molecule has 100 valence electrons. The second-order valence-corrected chi connectivity index (χ2v) is 4.82. The second-order valence-electron chi connectivity index (χ2n) is 4.41. The number of aromatic amines is 1. The normalized spacial score (nSPS) is 10.8. The SMILES string of the molecule is Nc1cc(-c2n[nH]c(=O)c3ccccc23)cc(Cl)c1N. The van der Waals surface area contributed by atoms with Crippen LogP contribution < -0.4 is 17.0 Å². The lowest BCUT2D eigenvalue weighted by atomic mass is 10.0. The molecular formula is C14H11ClN4O. The van der Waals surface area contributed by atoms with Crippen LogP contribution in [-0.4, -0.2) is 10.2 Å². The topological polar surface area (TPSA) is 97.8 Å². The van der Waals surface area contributed by atoms with Crippen molar-refractivity contribution in [2.24, 2.45) is 0 Å². The van der Waals surface area contributed by atoms with Crippen molar-refractivity contribution in [3.05, 3.63) is 51.8 Å². The van der Waals surface area contributed by atoms with Crippen LogP contribution in [0.1, 0.15) is 0 Å². The van der Waals surface area contributed by atoms with E-state index in [0.717, 1.165) is 5.39 Å². The number of nitrogens with two attached hydrogens (primary N) is 2. The number of H-pyrrole nitrogens is 1. The molecule has 0 aliphatic rings. The Morgan fingerprint density at radius 1 is 1.10 bits per heavy atom. The fraction of sp³-hybridized carbons (Fsp3) is 0. The summed E-state index contributed by atoms with van der Waals surface area (Å²) in [7, 11) is 0. The van der Waals surface area contributed by atoms with Crippen molar-refractivity contribution >= 4 is 33.7 Å². The van der Waals surface area contributed by atoms with E-state index in [-0.39, 0.29) is 5.56 Å². The lowest BCUT2D eigenvalue weighted by molar-refractivity contribution is 1.02. The third-order valence-electron chi connectivity index (χ3n) is 3.13. The molecule has 0 spiro atoms. The summed E-state index contributed by atoms with van der Waals surface area (Å²) in [6, 6.07) is 10.6. The molecule has 5 nitrogen and oxygen atoms in total. The van der Waals surface area contributed by atoms with Gasteiger partial charge in [0.25, 0.3) is 5.56 Å². The molecule has 2 aromatic carbocycles. The van der Waals surface area contributed by atoms with Gasteiger partial charge in [-0.25, -0.2) is 5.10 Å². The number of hydrogen-bond donors (Lipinski definition) is 3. The van der Waals surface area contributed by atoms with Crippen LogP contribution in [-0.2, 0) is 0 Å². The van der Waals surface area contributed by atoms with Crippen molar-refractivity contribution < 1.29 is 0 Å². The van der Waals surface area contributed by atoms with E-state index < -0.39 is 0 Å². The molecule has 5 N–H and O–H groups in total. The second kappa shape index (κ2) is 4.54. The van der Waals surface area contributed by atoms with E-state index in [9.17, 15) is 4.79 Å². The lowest BCUT2D eigenvalue weighted by Crippen LogP contribution is -2.09. The molecule has 1 aromatic heterocycles. The Morgan fingerprint density at radius 2 is 1.80 bits per heavy atom. The van der Waals surface area contributed by atoms with Gasteiger partial charge in [0.05, 0.1) is 27.5 Å². The minimum Gasteiger partial charge on any atom is -0.397 e. The molecule has 0 aliphatic carbocycles. The molecule has 1 heterocycles. The van der Waals surface area contributed by atoms with Crippen LogP contribution in [0.25, 0.3) is 22.0 Å². The van der Waals surface area contributed by atoms with Crippen LogP contribution in [0.4, 0.5) is 11.4 Å². The molecule has 0 fully saturated rings. The molecule has 0 saturated carbocycles. The third kappa shape index (κ3) is 1.88. The quantitative estimate of drug-likeness (QED) is 0.598. The monoisotopic (exact) mass is 286 g/mol. The summed E-state index contributed by atoms with van der Waals surface area (Å²) in [5.41, 5.74) is 13.3. The molecule has 0 atom stereocenters. The van der Waals surface area contributed by atoms with Crippen molar-refractivity contribution in [3.8, 4) is 11.3 Å². The zero-order chi connectivity index (χ0) is 14.3. The predicted molar refractivity (Wildman–Crippen MR) is 81.6 cm³/mol. The number of halogens is 1. The average Bonchev–Trinajstić information content (AvgIpc) is 2.45. The van der Waals surface area contributed by atoms with E-state index in [4.69, 9.17) is 23.1 Å². The highest BCUT2D eigenvalue weighted by atomic mass is 35.5.